The third-order valence-electron chi connectivity index (χ3n) is 3.27. The monoisotopic (exact) mass is 267 g/mol. The van der Waals surface area contributed by atoms with E-state index >= 15 is 0 Å². The minimum atomic E-state index is -0.0974. The first-order valence-electron chi connectivity index (χ1n) is 7.17. The quantitative estimate of drug-likeness (QED) is 0.721. The molecule has 0 heterocycles. The zero-order chi connectivity index (χ0) is 14.3. The van der Waals surface area contributed by atoms with Gasteiger partial charge >= 0.3 is 0 Å². The molecule has 0 saturated carbocycles. The lowest BCUT2D eigenvalue weighted by atomic mass is 9.95. The van der Waals surface area contributed by atoms with Crippen molar-refractivity contribution in [2.75, 3.05) is 19.8 Å². The van der Waals surface area contributed by atoms with E-state index in [1.807, 2.05) is 26.8 Å². The summed E-state index contributed by atoms with van der Waals surface area (Å²) in [6, 6.07) is 3.74. The number of rotatable bonds is 8. The molecule has 1 N–H and O–H groups in total. The first kappa shape index (κ1) is 16.1. The van der Waals surface area contributed by atoms with Crippen molar-refractivity contribution >= 4 is 0 Å². The first-order valence-corrected chi connectivity index (χ1v) is 7.17. The van der Waals surface area contributed by atoms with Gasteiger partial charge in [0, 0.05) is 24.8 Å². The number of ether oxygens (including phenoxy) is 1. The average molecular weight is 267 g/mol. The van der Waals surface area contributed by atoms with Crippen molar-refractivity contribution in [3.05, 3.63) is 34.6 Å². The van der Waals surface area contributed by atoms with Gasteiger partial charge in [-0.25, -0.2) is 4.39 Å². The molecule has 1 unspecified atom stereocenters. The van der Waals surface area contributed by atoms with Crippen LogP contribution in [0, 0.1) is 19.7 Å². The van der Waals surface area contributed by atoms with Crippen LogP contribution in [-0.4, -0.2) is 19.8 Å². The van der Waals surface area contributed by atoms with Crippen LogP contribution in [0.4, 0.5) is 4.39 Å². The molecule has 0 amide bonds. The molecule has 0 saturated heterocycles. The zero-order valence-electron chi connectivity index (χ0n) is 12.6. The van der Waals surface area contributed by atoms with Crippen molar-refractivity contribution in [2.24, 2.45) is 0 Å². The molecule has 1 aromatic carbocycles. The summed E-state index contributed by atoms with van der Waals surface area (Å²) < 4.78 is 19.5. The lowest BCUT2D eigenvalue weighted by molar-refractivity contribution is 0.140. The number of hydrogen-bond acceptors (Lipinski definition) is 2. The Morgan fingerprint density at radius 1 is 1.26 bits per heavy atom. The Hall–Kier alpha value is -0.930. The summed E-state index contributed by atoms with van der Waals surface area (Å²) in [5.74, 6) is -0.0974. The highest BCUT2D eigenvalue weighted by atomic mass is 19.1. The molecule has 1 aromatic rings. The molecule has 0 aliphatic carbocycles. The van der Waals surface area contributed by atoms with Crippen molar-refractivity contribution in [3.8, 4) is 0 Å². The van der Waals surface area contributed by atoms with Crippen molar-refractivity contribution in [3.63, 3.8) is 0 Å². The van der Waals surface area contributed by atoms with Crippen LogP contribution >= 0.6 is 0 Å². The predicted molar refractivity (Wildman–Crippen MR) is 78.0 cm³/mol. The van der Waals surface area contributed by atoms with E-state index in [2.05, 4.69) is 12.2 Å². The third-order valence-corrected chi connectivity index (χ3v) is 3.27. The summed E-state index contributed by atoms with van der Waals surface area (Å²) in [5.41, 5.74) is 2.81. The maximum absolute atomic E-state index is 14.2. The van der Waals surface area contributed by atoms with E-state index in [-0.39, 0.29) is 11.9 Å². The fourth-order valence-electron chi connectivity index (χ4n) is 2.50. The Morgan fingerprint density at radius 3 is 2.58 bits per heavy atom. The highest BCUT2D eigenvalue weighted by Crippen LogP contribution is 2.26. The van der Waals surface area contributed by atoms with E-state index in [1.165, 1.54) is 0 Å². The van der Waals surface area contributed by atoms with Crippen LogP contribution in [0.5, 0.6) is 0 Å². The van der Waals surface area contributed by atoms with Crippen molar-refractivity contribution < 1.29 is 9.13 Å². The molecular weight excluding hydrogens is 241 g/mol. The van der Waals surface area contributed by atoms with Gasteiger partial charge in [-0.1, -0.05) is 13.0 Å². The van der Waals surface area contributed by atoms with E-state index in [0.29, 0.717) is 0 Å². The molecule has 2 nitrogen and oxygen atoms in total. The Balaban J connectivity index is 2.80. The maximum Gasteiger partial charge on any atom is 0.128 e. The fraction of sp³-hybridized carbons (Fsp3) is 0.625. The molecule has 1 atom stereocenters. The van der Waals surface area contributed by atoms with Gasteiger partial charge in [-0.05, 0) is 57.4 Å². The molecular formula is C16H26FNO. The normalized spacial score (nSPS) is 12.7. The van der Waals surface area contributed by atoms with Gasteiger partial charge in [0.1, 0.15) is 5.82 Å². The fourth-order valence-corrected chi connectivity index (χ4v) is 2.50. The molecule has 0 spiro atoms. The molecule has 0 fully saturated rings. The highest BCUT2D eigenvalue weighted by molar-refractivity contribution is 5.34. The van der Waals surface area contributed by atoms with E-state index in [0.717, 1.165) is 49.3 Å². The third kappa shape index (κ3) is 4.92. The largest absolute Gasteiger partial charge is 0.382 e. The standard InChI is InChI=1S/C16H26FNO/c1-5-18-15(8-7-9-19-6-2)16-13(4)10-12(3)11-14(16)17/h10-11,15,18H,5-9H2,1-4H3. The molecule has 0 radical (unpaired) electrons. The van der Waals surface area contributed by atoms with Crippen LogP contribution in [0.1, 0.15) is 49.4 Å². The topological polar surface area (TPSA) is 21.3 Å². The van der Waals surface area contributed by atoms with Crippen LogP contribution in [0.15, 0.2) is 12.1 Å². The molecule has 19 heavy (non-hydrogen) atoms. The lowest BCUT2D eigenvalue weighted by Crippen LogP contribution is -2.23. The Morgan fingerprint density at radius 2 is 2.00 bits per heavy atom. The Kier molecular flexibility index (Phi) is 7.03. The van der Waals surface area contributed by atoms with Crippen molar-refractivity contribution in [1.82, 2.24) is 5.32 Å². The van der Waals surface area contributed by atoms with Gasteiger partial charge in [0.15, 0.2) is 0 Å². The number of benzene rings is 1. The predicted octanol–water partition coefficient (Wildman–Crippen LogP) is 3.91. The van der Waals surface area contributed by atoms with Gasteiger partial charge in [-0.2, -0.15) is 0 Å². The number of halogens is 1. The van der Waals surface area contributed by atoms with Crippen LogP contribution in [0.2, 0.25) is 0 Å². The van der Waals surface area contributed by atoms with Crippen LogP contribution in [0.25, 0.3) is 0 Å². The van der Waals surface area contributed by atoms with Gasteiger partial charge in [0.05, 0.1) is 0 Å². The van der Waals surface area contributed by atoms with Crippen LogP contribution in [-0.2, 0) is 4.74 Å². The van der Waals surface area contributed by atoms with Gasteiger partial charge in [0.25, 0.3) is 0 Å². The molecule has 0 aliphatic heterocycles. The Labute approximate surface area is 116 Å². The second-order valence-corrected chi connectivity index (χ2v) is 4.93. The first-order chi connectivity index (χ1) is 9.10. The van der Waals surface area contributed by atoms with E-state index < -0.39 is 0 Å². The minimum absolute atomic E-state index is 0.0751. The average Bonchev–Trinajstić information content (AvgIpc) is 2.33. The van der Waals surface area contributed by atoms with Crippen molar-refractivity contribution in [2.45, 2.75) is 46.6 Å². The van der Waals surface area contributed by atoms with Crippen LogP contribution < -0.4 is 5.32 Å². The zero-order valence-corrected chi connectivity index (χ0v) is 12.6. The van der Waals surface area contributed by atoms with Gasteiger partial charge in [-0.3, -0.25) is 0 Å². The molecule has 108 valence electrons. The van der Waals surface area contributed by atoms with Crippen LogP contribution in [0.3, 0.4) is 0 Å². The lowest BCUT2D eigenvalue weighted by Gasteiger charge is -2.21. The smallest absolute Gasteiger partial charge is 0.128 e. The SMILES string of the molecule is CCNC(CCCOCC)c1c(C)cc(C)cc1F. The molecule has 0 aromatic heterocycles. The van der Waals surface area contributed by atoms with Crippen molar-refractivity contribution in [1.29, 1.82) is 0 Å². The van der Waals surface area contributed by atoms with Gasteiger partial charge in [0.2, 0.25) is 0 Å². The summed E-state index contributed by atoms with van der Waals surface area (Å²) in [5, 5.41) is 3.38. The summed E-state index contributed by atoms with van der Waals surface area (Å²) in [6.07, 6.45) is 1.84. The Bertz CT molecular complexity index is 369. The van der Waals surface area contributed by atoms with E-state index in [9.17, 15) is 4.39 Å². The van der Waals surface area contributed by atoms with Gasteiger partial charge in [-0.15, -0.1) is 0 Å². The summed E-state index contributed by atoms with van der Waals surface area (Å²) in [7, 11) is 0. The molecule has 3 heteroatoms. The van der Waals surface area contributed by atoms with Gasteiger partial charge < -0.3 is 10.1 Å². The summed E-state index contributed by atoms with van der Waals surface area (Å²) >= 11 is 0. The molecule has 1 rings (SSSR count). The van der Waals surface area contributed by atoms with E-state index in [1.54, 1.807) is 6.07 Å². The summed E-state index contributed by atoms with van der Waals surface area (Å²) in [6.45, 7) is 10.3. The number of nitrogens with one attached hydrogen (secondary N) is 1. The minimum Gasteiger partial charge on any atom is -0.382 e. The molecule has 0 aliphatic rings. The second-order valence-electron chi connectivity index (χ2n) is 4.93. The maximum atomic E-state index is 14.2. The highest BCUT2D eigenvalue weighted by Gasteiger charge is 2.17. The number of hydrogen-bond donors (Lipinski definition) is 1. The number of aryl methyl sites for hydroxylation is 2. The van der Waals surface area contributed by atoms with E-state index in [4.69, 9.17) is 4.74 Å². The summed E-state index contributed by atoms with van der Waals surface area (Å²) in [4.78, 5) is 0. The second kappa shape index (κ2) is 8.28. The molecule has 0 bridgehead atoms.